The zero-order valence-electron chi connectivity index (χ0n) is 14.2. The van der Waals surface area contributed by atoms with Gasteiger partial charge in [-0.2, -0.15) is 4.98 Å². The molecule has 1 atom stereocenters. The first-order valence-corrected chi connectivity index (χ1v) is 8.27. The Balaban J connectivity index is 1.66. The summed E-state index contributed by atoms with van der Waals surface area (Å²) in [4.78, 5) is 13.3. The van der Waals surface area contributed by atoms with Crippen molar-refractivity contribution < 1.29 is 5.21 Å². The number of anilines is 2. The van der Waals surface area contributed by atoms with Crippen LogP contribution in [0, 0.1) is 0 Å². The highest BCUT2D eigenvalue weighted by molar-refractivity contribution is 5.80. The van der Waals surface area contributed by atoms with E-state index >= 15 is 0 Å². The molecule has 2 heterocycles. The Bertz CT molecular complexity index is 1030. The first-order valence-electron chi connectivity index (χ1n) is 8.27. The van der Waals surface area contributed by atoms with E-state index in [4.69, 9.17) is 5.21 Å². The van der Waals surface area contributed by atoms with Gasteiger partial charge >= 0.3 is 0 Å². The highest BCUT2D eigenvalue weighted by atomic mass is 16.5. The van der Waals surface area contributed by atoms with Gasteiger partial charge in [-0.05, 0) is 36.8 Å². The number of imidazole rings is 1. The molecule has 0 aliphatic carbocycles. The first-order chi connectivity index (χ1) is 12.7. The van der Waals surface area contributed by atoms with E-state index < -0.39 is 0 Å². The van der Waals surface area contributed by atoms with Gasteiger partial charge < -0.3 is 5.32 Å². The lowest BCUT2D eigenvalue weighted by Crippen LogP contribution is -2.10. The second kappa shape index (κ2) is 6.81. The summed E-state index contributed by atoms with van der Waals surface area (Å²) in [6.45, 7) is 2.07. The number of fused-ring (bicyclic) bond motifs is 1. The van der Waals surface area contributed by atoms with E-state index in [2.05, 4.69) is 44.8 Å². The van der Waals surface area contributed by atoms with E-state index in [1.807, 2.05) is 41.0 Å². The number of hydrogen-bond acceptors (Lipinski definition) is 6. The topological polar surface area (TPSA) is 87.9 Å². The van der Waals surface area contributed by atoms with Crippen LogP contribution in [0.5, 0.6) is 0 Å². The molecule has 130 valence electrons. The number of nitrogens with one attached hydrogen (secondary N) is 2. The molecule has 0 radical (unpaired) electrons. The van der Waals surface area contributed by atoms with Gasteiger partial charge in [0.15, 0.2) is 0 Å². The van der Waals surface area contributed by atoms with Gasteiger partial charge in [-0.25, -0.2) is 9.97 Å². The predicted octanol–water partition coefficient (Wildman–Crippen LogP) is 3.79. The van der Waals surface area contributed by atoms with Crippen molar-refractivity contribution in [3.8, 4) is 5.82 Å². The lowest BCUT2D eigenvalue weighted by Gasteiger charge is -2.14. The molecule has 7 nitrogen and oxygen atoms in total. The zero-order chi connectivity index (χ0) is 17.9. The number of rotatable bonds is 5. The van der Waals surface area contributed by atoms with Crippen LogP contribution in [0.25, 0.3) is 16.9 Å². The van der Waals surface area contributed by atoms with Crippen LogP contribution >= 0.6 is 0 Å². The van der Waals surface area contributed by atoms with Gasteiger partial charge in [0.2, 0.25) is 5.95 Å². The Morgan fingerprint density at radius 3 is 2.69 bits per heavy atom. The van der Waals surface area contributed by atoms with Crippen molar-refractivity contribution in [1.29, 1.82) is 0 Å². The number of nitrogens with zero attached hydrogens (tertiary/aromatic N) is 4. The molecule has 0 amide bonds. The van der Waals surface area contributed by atoms with E-state index in [1.165, 1.54) is 0 Å². The minimum absolute atomic E-state index is 0.0798. The van der Waals surface area contributed by atoms with E-state index in [0.717, 1.165) is 16.6 Å². The van der Waals surface area contributed by atoms with E-state index in [-0.39, 0.29) is 6.04 Å². The molecule has 3 N–H and O–H groups in total. The smallest absolute Gasteiger partial charge is 0.225 e. The molecule has 4 rings (SSSR count). The summed E-state index contributed by atoms with van der Waals surface area (Å²) in [5.41, 5.74) is 5.56. The molecule has 0 saturated heterocycles. The van der Waals surface area contributed by atoms with Crippen molar-refractivity contribution in [2.75, 3.05) is 10.8 Å². The summed E-state index contributed by atoms with van der Waals surface area (Å²) >= 11 is 0. The van der Waals surface area contributed by atoms with Crippen LogP contribution < -0.4 is 10.8 Å². The fourth-order valence-electron chi connectivity index (χ4n) is 2.83. The second-order valence-corrected chi connectivity index (χ2v) is 5.95. The number of benzene rings is 2. The monoisotopic (exact) mass is 346 g/mol. The lowest BCUT2D eigenvalue weighted by molar-refractivity contribution is 0.389. The molecule has 2 aromatic heterocycles. The summed E-state index contributed by atoms with van der Waals surface area (Å²) < 4.78 is 1.86. The fourth-order valence-corrected chi connectivity index (χ4v) is 2.83. The summed E-state index contributed by atoms with van der Waals surface area (Å²) in [6.07, 6.45) is 3.42. The molecule has 0 aliphatic rings. The average Bonchev–Trinajstić information content (AvgIpc) is 3.12. The van der Waals surface area contributed by atoms with Gasteiger partial charge in [-0.3, -0.25) is 15.3 Å². The van der Waals surface area contributed by atoms with Gasteiger partial charge in [0.25, 0.3) is 0 Å². The third-order valence-corrected chi connectivity index (χ3v) is 4.21. The maximum Gasteiger partial charge on any atom is 0.225 e. The average molecular weight is 346 g/mol. The molecule has 26 heavy (non-hydrogen) atoms. The van der Waals surface area contributed by atoms with Crippen molar-refractivity contribution in [3.05, 3.63) is 72.7 Å². The van der Waals surface area contributed by atoms with Gasteiger partial charge in [-0.1, -0.05) is 30.3 Å². The van der Waals surface area contributed by atoms with Crippen molar-refractivity contribution in [2.45, 2.75) is 13.0 Å². The van der Waals surface area contributed by atoms with Gasteiger partial charge in [0.1, 0.15) is 12.1 Å². The highest BCUT2D eigenvalue weighted by Crippen LogP contribution is 2.22. The maximum atomic E-state index is 9.13. The van der Waals surface area contributed by atoms with Crippen molar-refractivity contribution in [3.63, 3.8) is 0 Å². The third-order valence-electron chi connectivity index (χ3n) is 4.21. The summed E-state index contributed by atoms with van der Waals surface area (Å²) in [5.74, 6) is 1.23. The molecular weight excluding hydrogens is 328 g/mol. The van der Waals surface area contributed by atoms with Crippen LogP contribution in [0.3, 0.4) is 0 Å². The molecule has 0 saturated carbocycles. The van der Waals surface area contributed by atoms with Crippen LogP contribution in [-0.4, -0.2) is 24.7 Å². The SMILES string of the molecule is C[C@H](Nc1nccc(-n2cnc3ccc(NO)cc32)n1)c1ccccc1. The summed E-state index contributed by atoms with van der Waals surface area (Å²) in [6, 6.07) is 17.4. The number of hydrogen-bond donors (Lipinski definition) is 3. The minimum atomic E-state index is 0.0798. The second-order valence-electron chi connectivity index (χ2n) is 5.95. The Hall–Kier alpha value is -3.45. The highest BCUT2D eigenvalue weighted by Gasteiger charge is 2.10. The van der Waals surface area contributed by atoms with Crippen LogP contribution in [-0.2, 0) is 0 Å². The molecule has 7 heteroatoms. The van der Waals surface area contributed by atoms with E-state index in [1.54, 1.807) is 18.6 Å². The van der Waals surface area contributed by atoms with Crippen LogP contribution in [0.2, 0.25) is 0 Å². The Morgan fingerprint density at radius 1 is 1.04 bits per heavy atom. The Morgan fingerprint density at radius 2 is 1.88 bits per heavy atom. The van der Waals surface area contributed by atoms with Crippen molar-refractivity contribution in [2.24, 2.45) is 0 Å². The van der Waals surface area contributed by atoms with Crippen molar-refractivity contribution >= 4 is 22.7 Å². The van der Waals surface area contributed by atoms with Crippen LogP contribution in [0.15, 0.2) is 67.1 Å². The molecule has 2 aromatic carbocycles. The molecule has 0 aliphatic heterocycles. The molecule has 0 spiro atoms. The standard InChI is InChI=1S/C19H18N6O/c1-13(14-5-3-2-4-6-14)22-19-20-10-9-18(23-19)25-12-21-16-8-7-15(24-26)11-17(16)25/h2-13,24,26H,1H3,(H,20,22,23)/t13-/m0/s1. The first kappa shape index (κ1) is 16.0. The minimum Gasteiger partial charge on any atom is -0.348 e. The van der Waals surface area contributed by atoms with E-state index in [0.29, 0.717) is 17.5 Å². The molecular formula is C19H18N6O. The molecule has 0 unspecified atom stereocenters. The molecule has 0 bridgehead atoms. The van der Waals surface area contributed by atoms with Gasteiger partial charge in [0, 0.05) is 6.20 Å². The zero-order valence-corrected chi connectivity index (χ0v) is 14.2. The fraction of sp³-hybridized carbons (Fsp3) is 0.105. The van der Waals surface area contributed by atoms with Crippen LogP contribution in [0.1, 0.15) is 18.5 Å². The summed E-state index contributed by atoms with van der Waals surface area (Å²) in [7, 11) is 0. The Labute approximate surface area is 150 Å². The predicted molar refractivity (Wildman–Crippen MR) is 101 cm³/mol. The van der Waals surface area contributed by atoms with Crippen LogP contribution in [0.4, 0.5) is 11.6 Å². The molecule has 0 fully saturated rings. The third kappa shape index (κ3) is 3.07. The normalized spacial score (nSPS) is 12.1. The quantitative estimate of drug-likeness (QED) is 0.477. The lowest BCUT2D eigenvalue weighted by atomic mass is 10.1. The van der Waals surface area contributed by atoms with Crippen molar-refractivity contribution in [1.82, 2.24) is 19.5 Å². The van der Waals surface area contributed by atoms with Gasteiger partial charge in [0.05, 0.1) is 22.8 Å². The van der Waals surface area contributed by atoms with E-state index in [9.17, 15) is 0 Å². The number of aromatic nitrogens is 4. The summed E-state index contributed by atoms with van der Waals surface area (Å²) in [5, 5.41) is 12.5. The maximum absolute atomic E-state index is 9.13. The largest absolute Gasteiger partial charge is 0.348 e. The molecule has 4 aromatic rings. The van der Waals surface area contributed by atoms with Gasteiger partial charge in [-0.15, -0.1) is 0 Å². The Kier molecular flexibility index (Phi) is 4.20.